The van der Waals surface area contributed by atoms with Crippen molar-refractivity contribution in [1.29, 1.82) is 0 Å². The molecule has 3 aromatic rings. The summed E-state index contributed by atoms with van der Waals surface area (Å²) in [7, 11) is 0. The molecule has 0 atom stereocenters. The van der Waals surface area contributed by atoms with Gasteiger partial charge in [0.05, 0.1) is 11.4 Å². The van der Waals surface area contributed by atoms with Gasteiger partial charge >= 0.3 is 0 Å². The highest BCUT2D eigenvalue weighted by Gasteiger charge is 2.18. The SMILES string of the molecule is CC(C)n1ccc(-c2cc(C(=O)NC(C)(C)C)cc(-c3ccc(F)cc3)n2)n1. The van der Waals surface area contributed by atoms with E-state index in [2.05, 4.69) is 15.4 Å². The second-order valence-corrected chi connectivity index (χ2v) is 8.11. The third-order valence-electron chi connectivity index (χ3n) is 4.12. The van der Waals surface area contributed by atoms with E-state index in [0.29, 0.717) is 22.6 Å². The first-order valence-corrected chi connectivity index (χ1v) is 9.28. The fourth-order valence-electron chi connectivity index (χ4n) is 2.74. The average molecular weight is 380 g/mol. The Bertz CT molecular complexity index is 985. The van der Waals surface area contributed by atoms with Gasteiger partial charge in [-0.1, -0.05) is 0 Å². The number of halogens is 1. The number of rotatable bonds is 4. The highest BCUT2D eigenvalue weighted by atomic mass is 19.1. The van der Waals surface area contributed by atoms with E-state index >= 15 is 0 Å². The first-order valence-electron chi connectivity index (χ1n) is 9.28. The molecule has 0 fully saturated rings. The third kappa shape index (κ3) is 4.63. The van der Waals surface area contributed by atoms with Crippen molar-refractivity contribution < 1.29 is 9.18 Å². The van der Waals surface area contributed by atoms with E-state index in [1.807, 2.05) is 51.6 Å². The number of nitrogens with one attached hydrogen (secondary N) is 1. The Morgan fingerprint density at radius 3 is 2.25 bits per heavy atom. The van der Waals surface area contributed by atoms with Crippen LogP contribution in [-0.2, 0) is 0 Å². The minimum absolute atomic E-state index is 0.192. The van der Waals surface area contributed by atoms with E-state index in [1.54, 1.807) is 24.3 Å². The third-order valence-corrected chi connectivity index (χ3v) is 4.12. The normalized spacial score (nSPS) is 11.7. The molecule has 28 heavy (non-hydrogen) atoms. The summed E-state index contributed by atoms with van der Waals surface area (Å²) in [5.41, 5.74) is 2.73. The molecular formula is C22H25FN4O. The van der Waals surface area contributed by atoms with Crippen LogP contribution in [-0.4, -0.2) is 26.2 Å². The van der Waals surface area contributed by atoms with Crippen molar-refractivity contribution in [3.63, 3.8) is 0 Å². The van der Waals surface area contributed by atoms with Crippen LogP contribution in [0.4, 0.5) is 4.39 Å². The zero-order chi connectivity index (χ0) is 20.5. The lowest BCUT2D eigenvalue weighted by atomic mass is 10.0. The minimum atomic E-state index is -0.365. The molecule has 0 aliphatic carbocycles. The Balaban J connectivity index is 2.10. The van der Waals surface area contributed by atoms with E-state index in [0.717, 1.165) is 5.56 Å². The predicted octanol–water partition coefficient (Wildman–Crippen LogP) is 4.86. The standard InChI is InChI=1S/C22H25FN4O/c1-14(2)27-11-10-18(26-27)20-13-16(21(28)25-22(3,4)5)12-19(24-20)15-6-8-17(23)9-7-15/h6-14H,1-5H3,(H,25,28). The van der Waals surface area contributed by atoms with Crippen LogP contribution in [0, 0.1) is 5.82 Å². The zero-order valence-corrected chi connectivity index (χ0v) is 16.8. The largest absolute Gasteiger partial charge is 0.347 e. The van der Waals surface area contributed by atoms with Gasteiger partial charge in [-0.15, -0.1) is 0 Å². The van der Waals surface area contributed by atoms with Crippen molar-refractivity contribution in [3.05, 3.63) is 60.0 Å². The second kappa shape index (κ2) is 7.54. The lowest BCUT2D eigenvalue weighted by molar-refractivity contribution is 0.0919. The Morgan fingerprint density at radius 1 is 1.04 bits per heavy atom. The van der Waals surface area contributed by atoms with Crippen LogP contribution in [0.2, 0.25) is 0 Å². The van der Waals surface area contributed by atoms with Crippen LogP contribution < -0.4 is 5.32 Å². The molecule has 0 radical (unpaired) electrons. The Morgan fingerprint density at radius 2 is 1.68 bits per heavy atom. The maximum atomic E-state index is 13.3. The number of amides is 1. The van der Waals surface area contributed by atoms with E-state index in [4.69, 9.17) is 0 Å². The summed E-state index contributed by atoms with van der Waals surface area (Å²) in [5, 5.41) is 7.54. The summed E-state index contributed by atoms with van der Waals surface area (Å²) in [4.78, 5) is 17.4. The van der Waals surface area contributed by atoms with Crippen LogP contribution in [0.5, 0.6) is 0 Å². The lowest BCUT2D eigenvalue weighted by Crippen LogP contribution is -2.40. The summed E-state index contributed by atoms with van der Waals surface area (Å²) in [5.74, 6) is -0.510. The van der Waals surface area contributed by atoms with Crippen molar-refractivity contribution >= 4 is 5.91 Å². The fourth-order valence-corrected chi connectivity index (χ4v) is 2.74. The van der Waals surface area contributed by atoms with Crippen molar-refractivity contribution in [2.75, 3.05) is 0 Å². The number of hydrogen-bond donors (Lipinski definition) is 1. The molecule has 0 saturated carbocycles. The van der Waals surface area contributed by atoms with Gasteiger partial charge in [0.2, 0.25) is 0 Å². The summed E-state index contributed by atoms with van der Waals surface area (Å²) in [6.45, 7) is 9.87. The van der Waals surface area contributed by atoms with Gasteiger partial charge in [-0.25, -0.2) is 9.37 Å². The quantitative estimate of drug-likeness (QED) is 0.703. The monoisotopic (exact) mass is 380 g/mol. The molecule has 0 unspecified atom stereocenters. The van der Waals surface area contributed by atoms with Gasteiger partial charge in [-0.05, 0) is 77.1 Å². The van der Waals surface area contributed by atoms with Gasteiger partial charge in [-0.2, -0.15) is 5.10 Å². The van der Waals surface area contributed by atoms with Gasteiger partial charge in [-0.3, -0.25) is 9.48 Å². The maximum Gasteiger partial charge on any atom is 0.251 e. The van der Waals surface area contributed by atoms with Crippen LogP contribution in [0.25, 0.3) is 22.6 Å². The summed E-state index contributed by atoms with van der Waals surface area (Å²) < 4.78 is 15.2. The van der Waals surface area contributed by atoms with E-state index in [-0.39, 0.29) is 23.3 Å². The Hall–Kier alpha value is -3.02. The van der Waals surface area contributed by atoms with Crippen molar-refractivity contribution in [1.82, 2.24) is 20.1 Å². The van der Waals surface area contributed by atoms with Crippen molar-refractivity contribution in [3.8, 4) is 22.6 Å². The number of hydrogen-bond acceptors (Lipinski definition) is 3. The first-order chi connectivity index (χ1) is 13.1. The summed E-state index contributed by atoms with van der Waals surface area (Å²) >= 11 is 0. The number of carbonyl (C=O) groups excluding carboxylic acids is 1. The number of aromatic nitrogens is 3. The van der Waals surface area contributed by atoms with Crippen molar-refractivity contribution in [2.24, 2.45) is 0 Å². The molecule has 1 N–H and O–H groups in total. The molecule has 1 amide bonds. The molecule has 6 heteroatoms. The molecule has 0 saturated heterocycles. The van der Waals surface area contributed by atoms with Gasteiger partial charge in [0.15, 0.2) is 0 Å². The molecule has 0 aliphatic rings. The molecule has 0 spiro atoms. The zero-order valence-electron chi connectivity index (χ0n) is 16.8. The number of benzene rings is 1. The smallest absolute Gasteiger partial charge is 0.251 e. The average Bonchev–Trinajstić information content (AvgIpc) is 3.11. The highest BCUT2D eigenvalue weighted by Crippen LogP contribution is 2.25. The topological polar surface area (TPSA) is 59.8 Å². The van der Waals surface area contributed by atoms with Gasteiger partial charge in [0, 0.05) is 28.9 Å². The number of nitrogens with zero attached hydrogens (tertiary/aromatic N) is 3. The van der Waals surface area contributed by atoms with Gasteiger partial charge in [0.25, 0.3) is 5.91 Å². The van der Waals surface area contributed by atoms with Crippen LogP contribution >= 0.6 is 0 Å². The van der Waals surface area contributed by atoms with E-state index < -0.39 is 0 Å². The molecule has 2 aromatic heterocycles. The molecule has 1 aromatic carbocycles. The Kier molecular flexibility index (Phi) is 5.31. The molecule has 0 bridgehead atoms. The van der Waals surface area contributed by atoms with Gasteiger partial charge < -0.3 is 5.32 Å². The fraction of sp³-hybridized carbons (Fsp3) is 0.318. The van der Waals surface area contributed by atoms with E-state index in [9.17, 15) is 9.18 Å². The molecule has 0 aliphatic heterocycles. The van der Waals surface area contributed by atoms with Crippen LogP contribution in [0.1, 0.15) is 51.0 Å². The Labute approximate surface area is 164 Å². The second-order valence-electron chi connectivity index (χ2n) is 8.11. The molecule has 3 rings (SSSR count). The predicted molar refractivity (Wildman–Crippen MR) is 108 cm³/mol. The van der Waals surface area contributed by atoms with Crippen molar-refractivity contribution in [2.45, 2.75) is 46.2 Å². The highest BCUT2D eigenvalue weighted by molar-refractivity contribution is 5.96. The maximum absolute atomic E-state index is 13.3. The molecule has 2 heterocycles. The van der Waals surface area contributed by atoms with Crippen LogP contribution in [0.3, 0.4) is 0 Å². The summed E-state index contributed by atoms with van der Waals surface area (Å²) in [6, 6.07) is 11.6. The van der Waals surface area contributed by atoms with Crippen LogP contribution in [0.15, 0.2) is 48.7 Å². The molecule has 5 nitrogen and oxygen atoms in total. The van der Waals surface area contributed by atoms with Gasteiger partial charge in [0.1, 0.15) is 11.5 Å². The molecular weight excluding hydrogens is 355 g/mol. The first kappa shape index (κ1) is 19.7. The lowest BCUT2D eigenvalue weighted by Gasteiger charge is -2.21. The van der Waals surface area contributed by atoms with E-state index in [1.165, 1.54) is 12.1 Å². The minimum Gasteiger partial charge on any atom is -0.347 e. The summed E-state index contributed by atoms with van der Waals surface area (Å²) in [6.07, 6.45) is 1.89. The molecule has 146 valence electrons. The number of carbonyl (C=O) groups is 1. The number of pyridine rings is 1.